The summed E-state index contributed by atoms with van der Waals surface area (Å²) < 4.78 is 0. The number of anilines is 1. The summed E-state index contributed by atoms with van der Waals surface area (Å²) in [5, 5.41) is 3.01. The van der Waals surface area contributed by atoms with Gasteiger partial charge in [-0.25, -0.2) is 0 Å². The molecule has 0 unspecified atom stereocenters. The van der Waals surface area contributed by atoms with Gasteiger partial charge in [0.15, 0.2) is 0 Å². The minimum Gasteiger partial charge on any atom is -0.347 e. The first kappa shape index (κ1) is 11.0. The molecule has 0 atom stereocenters. The van der Waals surface area contributed by atoms with Crippen molar-refractivity contribution in [3.63, 3.8) is 0 Å². The van der Waals surface area contributed by atoms with Crippen molar-refractivity contribution in [2.24, 2.45) is 5.84 Å². The van der Waals surface area contributed by atoms with E-state index in [9.17, 15) is 4.79 Å². The Bertz CT molecular complexity index is 424. The van der Waals surface area contributed by atoms with Crippen LogP contribution in [0.2, 0.25) is 0 Å². The Morgan fingerprint density at radius 1 is 1.44 bits per heavy atom. The van der Waals surface area contributed by atoms with Crippen molar-refractivity contribution < 1.29 is 4.79 Å². The standard InChI is InChI=1S/C12H17N3O/c1-8-3-4-9(10(7-8)15-13)11(16)14-12(2)5-6-12/h3-4,7,15H,5-6,13H2,1-2H3,(H,14,16). The fraction of sp³-hybridized carbons (Fsp3) is 0.417. The number of nitrogen functional groups attached to an aromatic ring is 1. The molecule has 4 heteroatoms. The van der Waals surface area contributed by atoms with Gasteiger partial charge in [0.05, 0.1) is 11.3 Å². The lowest BCUT2D eigenvalue weighted by atomic mass is 10.1. The molecule has 16 heavy (non-hydrogen) atoms. The Hall–Kier alpha value is -1.55. The zero-order chi connectivity index (χ0) is 11.8. The maximum Gasteiger partial charge on any atom is 0.253 e. The molecule has 0 aromatic heterocycles. The second-order valence-corrected chi connectivity index (χ2v) is 4.71. The van der Waals surface area contributed by atoms with E-state index in [0.717, 1.165) is 18.4 Å². The van der Waals surface area contributed by atoms with E-state index in [1.807, 2.05) is 19.1 Å². The molecule has 0 saturated heterocycles. The van der Waals surface area contributed by atoms with Crippen molar-refractivity contribution in [1.29, 1.82) is 0 Å². The van der Waals surface area contributed by atoms with Gasteiger partial charge >= 0.3 is 0 Å². The van der Waals surface area contributed by atoms with Crippen LogP contribution in [-0.4, -0.2) is 11.4 Å². The zero-order valence-electron chi connectivity index (χ0n) is 9.63. The summed E-state index contributed by atoms with van der Waals surface area (Å²) in [6.45, 7) is 4.01. The smallest absolute Gasteiger partial charge is 0.253 e. The van der Waals surface area contributed by atoms with Gasteiger partial charge in [0.1, 0.15) is 0 Å². The maximum atomic E-state index is 12.0. The second-order valence-electron chi connectivity index (χ2n) is 4.71. The van der Waals surface area contributed by atoms with Crippen LogP contribution >= 0.6 is 0 Å². The Labute approximate surface area is 95.2 Å². The number of carbonyl (C=O) groups is 1. The number of amides is 1. The molecule has 1 saturated carbocycles. The molecule has 0 heterocycles. The van der Waals surface area contributed by atoms with Gasteiger partial charge in [-0.1, -0.05) is 6.07 Å². The molecular formula is C12H17N3O. The SMILES string of the molecule is Cc1ccc(C(=O)NC2(C)CC2)c(NN)c1. The van der Waals surface area contributed by atoms with Crippen molar-refractivity contribution in [1.82, 2.24) is 5.32 Å². The summed E-state index contributed by atoms with van der Waals surface area (Å²) in [7, 11) is 0. The fourth-order valence-corrected chi connectivity index (χ4v) is 1.63. The summed E-state index contributed by atoms with van der Waals surface area (Å²) in [5.41, 5.74) is 4.89. The van der Waals surface area contributed by atoms with Crippen LogP contribution < -0.4 is 16.6 Å². The highest BCUT2D eigenvalue weighted by Crippen LogP contribution is 2.34. The first-order valence-corrected chi connectivity index (χ1v) is 5.44. The van der Waals surface area contributed by atoms with Gasteiger partial charge in [0.2, 0.25) is 0 Å². The molecule has 2 rings (SSSR count). The van der Waals surface area contributed by atoms with E-state index in [1.54, 1.807) is 6.07 Å². The Morgan fingerprint density at radius 3 is 2.69 bits per heavy atom. The highest BCUT2D eigenvalue weighted by Gasteiger charge is 2.39. The highest BCUT2D eigenvalue weighted by molar-refractivity contribution is 6.00. The lowest BCUT2D eigenvalue weighted by Gasteiger charge is -2.14. The monoisotopic (exact) mass is 219 g/mol. The van der Waals surface area contributed by atoms with Gasteiger partial charge in [-0.15, -0.1) is 0 Å². The number of nitrogens with one attached hydrogen (secondary N) is 2. The minimum absolute atomic E-state index is 0.00611. The van der Waals surface area contributed by atoms with E-state index in [2.05, 4.69) is 17.7 Å². The zero-order valence-corrected chi connectivity index (χ0v) is 9.63. The molecule has 0 radical (unpaired) electrons. The van der Waals surface area contributed by atoms with E-state index in [4.69, 9.17) is 5.84 Å². The summed E-state index contributed by atoms with van der Waals surface area (Å²) in [4.78, 5) is 12.0. The van der Waals surface area contributed by atoms with E-state index in [-0.39, 0.29) is 11.4 Å². The Morgan fingerprint density at radius 2 is 2.12 bits per heavy atom. The van der Waals surface area contributed by atoms with E-state index >= 15 is 0 Å². The highest BCUT2D eigenvalue weighted by atomic mass is 16.1. The number of carbonyl (C=O) groups excluding carboxylic acids is 1. The summed E-state index contributed by atoms with van der Waals surface area (Å²) in [6, 6.07) is 5.57. The van der Waals surface area contributed by atoms with Crippen LogP contribution in [-0.2, 0) is 0 Å². The third-order valence-electron chi connectivity index (χ3n) is 2.99. The largest absolute Gasteiger partial charge is 0.347 e. The van der Waals surface area contributed by atoms with Gasteiger partial charge in [-0.3, -0.25) is 10.6 Å². The molecule has 0 spiro atoms. The molecule has 1 aromatic rings. The average Bonchev–Trinajstić information content (AvgIpc) is 2.95. The van der Waals surface area contributed by atoms with Gasteiger partial charge < -0.3 is 10.7 Å². The van der Waals surface area contributed by atoms with Crippen LogP contribution in [0.15, 0.2) is 18.2 Å². The molecule has 4 N–H and O–H groups in total. The van der Waals surface area contributed by atoms with Crippen LogP contribution in [0.25, 0.3) is 0 Å². The first-order valence-electron chi connectivity index (χ1n) is 5.44. The van der Waals surface area contributed by atoms with Gasteiger partial charge in [-0.2, -0.15) is 0 Å². The lowest BCUT2D eigenvalue weighted by Crippen LogP contribution is -2.34. The molecule has 1 aliphatic carbocycles. The molecule has 1 aliphatic rings. The van der Waals surface area contributed by atoms with Crippen LogP contribution in [0.3, 0.4) is 0 Å². The molecule has 0 aliphatic heterocycles. The molecular weight excluding hydrogens is 202 g/mol. The van der Waals surface area contributed by atoms with Crippen LogP contribution in [0.1, 0.15) is 35.7 Å². The van der Waals surface area contributed by atoms with Crippen molar-refractivity contribution >= 4 is 11.6 Å². The van der Waals surface area contributed by atoms with Crippen molar-refractivity contribution in [3.05, 3.63) is 29.3 Å². The van der Waals surface area contributed by atoms with E-state index in [1.165, 1.54) is 0 Å². The number of aryl methyl sites for hydroxylation is 1. The number of nitrogens with two attached hydrogens (primary N) is 1. The molecule has 0 bridgehead atoms. The molecule has 86 valence electrons. The molecule has 1 fully saturated rings. The first-order chi connectivity index (χ1) is 7.54. The number of hydrazine groups is 1. The number of benzene rings is 1. The second kappa shape index (κ2) is 3.79. The normalized spacial score (nSPS) is 16.7. The van der Waals surface area contributed by atoms with Crippen molar-refractivity contribution in [3.8, 4) is 0 Å². The van der Waals surface area contributed by atoms with E-state index in [0.29, 0.717) is 11.3 Å². The summed E-state index contributed by atoms with van der Waals surface area (Å²) in [6.07, 6.45) is 2.10. The van der Waals surface area contributed by atoms with Gasteiger partial charge in [0, 0.05) is 5.54 Å². The van der Waals surface area contributed by atoms with Gasteiger partial charge in [0.25, 0.3) is 5.91 Å². The predicted octanol–water partition coefficient (Wildman–Crippen LogP) is 1.56. The van der Waals surface area contributed by atoms with Crippen LogP contribution in [0.5, 0.6) is 0 Å². The summed E-state index contributed by atoms with van der Waals surface area (Å²) >= 11 is 0. The lowest BCUT2D eigenvalue weighted by molar-refractivity contribution is 0.0936. The number of hydrogen-bond acceptors (Lipinski definition) is 3. The minimum atomic E-state index is -0.0621. The predicted molar refractivity (Wildman–Crippen MR) is 64.1 cm³/mol. The average molecular weight is 219 g/mol. The molecule has 4 nitrogen and oxygen atoms in total. The maximum absolute atomic E-state index is 12.0. The topological polar surface area (TPSA) is 67.2 Å². The molecule has 1 amide bonds. The third kappa shape index (κ3) is 2.17. The number of hydrogen-bond donors (Lipinski definition) is 3. The van der Waals surface area contributed by atoms with Crippen molar-refractivity contribution in [2.45, 2.75) is 32.2 Å². The Kier molecular flexibility index (Phi) is 2.59. The third-order valence-corrected chi connectivity index (χ3v) is 2.99. The van der Waals surface area contributed by atoms with Gasteiger partial charge in [-0.05, 0) is 44.4 Å². The van der Waals surface area contributed by atoms with Crippen LogP contribution in [0.4, 0.5) is 5.69 Å². The Balaban J connectivity index is 2.21. The summed E-state index contributed by atoms with van der Waals surface area (Å²) in [5.74, 6) is 5.34. The van der Waals surface area contributed by atoms with Crippen LogP contribution in [0, 0.1) is 6.92 Å². The fourth-order valence-electron chi connectivity index (χ4n) is 1.63. The molecule has 1 aromatic carbocycles. The van der Waals surface area contributed by atoms with Crippen molar-refractivity contribution in [2.75, 3.05) is 5.43 Å². The quantitative estimate of drug-likeness (QED) is 0.534. The number of rotatable bonds is 3. The van der Waals surface area contributed by atoms with E-state index < -0.39 is 0 Å².